The van der Waals surface area contributed by atoms with Crippen LogP contribution in [-0.4, -0.2) is 38.4 Å². The van der Waals surface area contributed by atoms with Gasteiger partial charge in [0.05, 0.1) is 11.2 Å². The molecule has 0 aliphatic rings. The first kappa shape index (κ1) is 15.6. The second-order valence-corrected chi connectivity index (χ2v) is 5.25. The Kier molecular flexibility index (Phi) is 4.29. The molecule has 0 aliphatic heterocycles. The van der Waals surface area contributed by atoms with Crippen molar-refractivity contribution in [3.63, 3.8) is 0 Å². The van der Waals surface area contributed by atoms with Gasteiger partial charge in [0.1, 0.15) is 6.20 Å². The Hall–Kier alpha value is -1.51. The lowest BCUT2D eigenvalue weighted by Crippen LogP contribution is -2.53. The lowest BCUT2D eigenvalue weighted by atomic mass is 9.77. The molecule has 1 rings (SSSR count). The molecule has 0 unspecified atom stereocenters. The normalized spacial score (nSPS) is 12.3. The van der Waals surface area contributed by atoms with Crippen molar-refractivity contribution in [1.29, 1.82) is 0 Å². The van der Waals surface area contributed by atoms with Crippen molar-refractivity contribution in [3.05, 3.63) is 28.4 Å². The predicted octanol–water partition coefficient (Wildman–Crippen LogP) is 0.243. The third-order valence-electron chi connectivity index (χ3n) is 3.12. The molecule has 8 heteroatoms. The Morgan fingerprint density at radius 1 is 1.37 bits per heavy atom. The number of nitro groups is 1. The molecule has 0 aliphatic carbocycles. The van der Waals surface area contributed by atoms with Crippen molar-refractivity contribution in [1.82, 2.24) is 4.98 Å². The largest absolute Gasteiger partial charge is 0.495 e. The summed E-state index contributed by atoms with van der Waals surface area (Å²) < 4.78 is 5.38. The van der Waals surface area contributed by atoms with E-state index in [9.17, 15) is 20.2 Å². The fraction of sp³-hybridized carbons (Fsp3) is 0.545. The molecule has 7 nitrogen and oxygen atoms in total. The highest BCUT2D eigenvalue weighted by Crippen LogP contribution is 2.25. The molecule has 2 N–H and O–H groups in total. The first-order valence-corrected chi connectivity index (χ1v) is 5.73. The van der Waals surface area contributed by atoms with Gasteiger partial charge in [-0.1, -0.05) is 6.07 Å². The van der Waals surface area contributed by atoms with E-state index in [1.807, 2.05) is 0 Å². The number of hydrogen-bond donors (Lipinski definition) is 2. The first-order valence-electron chi connectivity index (χ1n) is 5.73. The SMILES string of the molecule is CC(C)(O)C(C)(C)OB(O)c1ccc([N+](=O)[O-])nc1. The van der Waals surface area contributed by atoms with E-state index >= 15 is 0 Å². The van der Waals surface area contributed by atoms with Crippen molar-refractivity contribution in [2.75, 3.05) is 0 Å². The summed E-state index contributed by atoms with van der Waals surface area (Å²) in [5, 5.41) is 30.3. The summed E-state index contributed by atoms with van der Waals surface area (Å²) in [4.78, 5) is 13.4. The first-order chi connectivity index (χ1) is 8.54. The highest BCUT2D eigenvalue weighted by Gasteiger charge is 2.39. The van der Waals surface area contributed by atoms with Crippen LogP contribution in [0.2, 0.25) is 0 Å². The number of aromatic nitrogens is 1. The summed E-state index contributed by atoms with van der Waals surface area (Å²) in [5.74, 6) is -0.308. The van der Waals surface area contributed by atoms with Crippen LogP contribution in [0.5, 0.6) is 0 Å². The molecule has 0 radical (unpaired) electrons. The monoisotopic (exact) mass is 268 g/mol. The number of nitrogens with zero attached hydrogens (tertiary/aromatic N) is 2. The van der Waals surface area contributed by atoms with Crippen molar-refractivity contribution in [2.24, 2.45) is 0 Å². The van der Waals surface area contributed by atoms with E-state index in [2.05, 4.69) is 4.98 Å². The van der Waals surface area contributed by atoms with Gasteiger partial charge in [0.25, 0.3) is 0 Å². The molecule has 0 bridgehead atoms. The number of hydrogen-bond acceptors (Lipinski definition) is 6. The number of pyridine rings is 1. The highest BCUT2D eigenvalue weighted by molar-refractivity contribution is 6.60. The van der Waals surface area contributed by atoms with Gasteiger partial charge in [-0.25, -0.2) is 0 Å². The van der Waals surface area contributed by atoms with E-state index in [0.29, 0.717) is 0 Å². The molecule has 1 aromatic heterocycles. The van der Waals surface area contributed by atoms with Crippen LogP contribution in [0.4, 0.5) is 5.82 Å². The summed E-state index contributed by atoms with van der Waals surface area (Å²) in [6.07, 6.45) is 1.17. The molecule has 1 heterocycles. The second-order valence-electron chi connectivity index (χ2n) is 5.25. The molecular formula is C11H17BN2O5. The van der Waals surface area contributed by atoms with Crippen molar-refractivity contribution >= 4 is 18.4 Å². The average Bonchev–Trinajstić information content (AvgIpc) is 2.27. The zero-order valence-corrected chi connectivity index (χ0v) is 11.3. The minimum atomic E-state index is -1.32. The Morgan fingerprint density at radius 3 is 2.32 bits per heavy atom. The molecule has 0 spiro atoms. The molecule has 19 heavy (non-hydrogen) atoms. The Labute approximate surface area is 111 Å². The Bertz CT molecular complexity index is 455. The predicted molar refractivity (Wildman–Crippen MR) is 70.0 cm³/mol. The third kappa shape index (κ3) is 3.73. The summed E-state index contributed by atoms with van der Waals surface area (Å²) in [5.41, 5.74) is -1.89. The summed E-state index contributed by atoms with van der Waals surface area (Å²) in [6, 6.07) is 2.54. The maximum atomic E-state index is 10.5. The van der Waals surface area contributed by atoms with E-state index in [0.717, 1.165) is 0 Å². The maximum absolute atomic E-state index is 10.5. The summed E-state index contributed by atoms with van der Waals surface area (Å²) >= 11 is 0. The summed E-state index contributed by atoms with van der Waals surface area (Å²) in [6.45, 7) is 6.39. The van der Waals surface area contributed by atoms with E-state index < -0.39 is 23.2 Å². The zero-order valence-electron chi connectivity index (χ0n) is 11.3. The maximum Gasteiger partial charge on any atom is 0.495 e. The van der Waals surface area contributed by atoms with E-state index in [-0.39, 0.29) is 11.3 Å². The molecule has 0 saturated heterocycles. The van der Waals surface area contributed by atoms with Crippen LogP contribution in [0.25, 0.3) is 0 Å². The van der Waals surface area contributed by atoms with Gasteiger partial charge >= 0.3 is 12.9 Å². The van der Waals surface area contributed by atoms with Gasteiger partial charge in [-0.05, 0) is 37.6 Å². The van der Waals surface area contributed by atoms with Gasteiger partial charge in [-0.3, -0.25) is 0 Å². The standard InChI is InChI=1S/C11H17BN2O5/c1-10(2,15)11(3,4)19-12(16)8-5-6-9(13-7-8)14(17)18/h5-7,15-16H,1-4H3. The highest BCUT2D eigenvalue weighted by atomic mass is 16.6. The van der Waals surface area contributed by atoms with Gasteiger partial charge in [0.2, 0.25) is 0 Å². The molecule has 0 saturated carbocycles. The molecule has 104 valence electrons. The minimum absolute atomic E-state index is 0.280. The molecule has 0 amide bonds. The van der Waals surface area contributed by atoms with Crippen LogP contribution in [0.3, 0.4) is 0 Å². The van der Waals surface area contributed by atoms with Crippen LogP contribution in [-0.2, 0) is 4.65 Å². The molecule has 0 fully saturated rings. The van der Waals surface area contributed by atoms with Crippen LogP contribution >= 0.6 is 0 Å². The quantitative estimate of drug-likeness (QED) is 0.450. The molecule has 0 aromatic carbocycles. The second kappa shape index (κ2) is 5.24. The van der Waals surface area contributed by atoms with Gasteiger partial charge in [0, 0.05) is 11.5 Å². The minimum Gasteiger partial charge on any atom is -0.423 e. The molecule has 1 aromatic rings. The smallest absolute Gasteiger partial charge is 0.423 e. The van der Waals surface area contributed by atoms with Crippen LogP contribution in [0.1, 0.15) is 27.7 Å². The summed E-state index contributed by atoms with van der Waals surface area (Å²) in [7, 11) is -1.32. The molecule has 0 atom stereocenters. The van der Waals surface area contributed by atoms with Gasteiger partial charge in [-0.15, -0.1) is 0 Å². The van der Waals surface area contributed by atoms with Crippen LogP contribution < -0.4 is 5.46 Å². The van der Waals surface area contributed by atoms with Crippen molar-refractivity contribution in [2.45, 2.75) is 38.9 Å². The average molecular weight is 268 g/mol. The lowest BCUT2D eigenvalue weighted by molar-refractivity contribution is -0.389. The Morgan fingerprint density at radius 2 is 1.95 bits per heavy atom. The third-order valence-corrected chi connectivity index (χ3v) is 3.12. The Balaban J connectivity index is 2.84. The topological polar surface area (TPSA) is 106 Å². The fourth-order valence-corrected chi connectivity index (χ4v) is 1.14. The van der Waals surface area contributed by atoms with Crippen LogP contribution in [0.15, 0.2) is 18.3 Å². The van der Waals surface area contributed by atoms with Crippen molar-refractivity contribution < 1.29 is 19.7 Å². The number of rotatable bonds is 5. The zero-order chi connectivity index (χ0) is 14.8. The van der Waals surface area contributed by atoms with Gasteiger partial charge in [0.15, 0.2) is 0 Å². The van der Waals surface area contributed by atoms with Crippen LogP contribution in [0, 0.1) is 10.1 Å². The van der Waals surface area contributed by atoms with E-state index in [1.165, 1.54) is 18.3 Å². The lowest BCUT2D eigenvalue weighted by Gasteiger charge is -2.38. The van der Waals surface area contributed by atoms with E-state index in [1.54, 1.807) is 27.7 Å². The van der Waals surface area contributed by atoms with Gasteiger partial charge < -0.3 is 24.9 Å². The fourth-order valence-electron chi connectivity index (χ4n) is 1.14. The van der Waals surface area contributed by atoms with E-state index in [4.69, 9.17) is 4.65 Å². The molecular weight excluding hydrogens is 251 g/mol. The number of aliphatic hydroxyl groups is 1. The van der Waals surface area contributed by atoms with Crippen molar-refractivity contribution in [3.8, 4) is 0 Å². The van der Waals surface area contributed by atoms with Gasteiger partial charge in [-0.2, -0.15) is 0 Å².